The first kappa shape index (κ1) is 85.5. The fraction of sp³-hybridized carbons (Fsp3) is 0.128. The van der Waals surface area contributed by atoms with Crippen LogP contribution in [0.5, 0.6) is 5.75 Å². The van der Waals surface area contributed by atoms with Gasteiger partial charge in [-0.2, -0.15) is 0 Å². The molecule has 16 aromatic carbocycles. The second kappa shape index (κ2) is 32.1. The highest BCUT2D eigenvalue weighted by atomic mass is 16.5. The molecule has 9 nitrogen and oxygen atoms in total. The Labute approximate surface area is 827 Å². The highest BCUT2D eigenvalue weighted by Gasteiger charge is 2.43. The normalized spacial score (nSPS) is 14.3. The van der Waals surface area contributed by atoms with Gasteiger partial charge in [0.15, 0.2) is 0 Å². The number of fused-ring (bicyclic) bond motifs is 27. The standard InChI is InChI=1S/C41H32N2.2C32H24N2.C28H24N2O/c1-40(2)33-14-9-8-13-28(33)29-19-17-27(22-35(29)40)43-37-15-10-20-42-39(37)32-23-36-31(24-38(32)43)30-18-16-26(21-34(30)41(36,3)4)25-11-6-5-7-12-25;1-32(2)27-15-7-6-14-24(27)25-20-30-26(19-28(25)32)31-29(16-9-17-33-31)34(30)23-13-8-12-22(18-23)21-10-4-3-5-11-21;1-32(2)27-12-7-6-11-24(27)25-20-30-26(19-28(25)32)31-29(13-8-18-33-31)34(30)23-16-14-22(15-17-23)21-9-4-3-5-10-21;1-17-12-18(14-19(13-17)31-4)30-25-10-7-11-29-27(25)22-15-24-21(16-26(22)30)20-8-5-6-9-23(20)28(24,2)3/h5-24H,1-4H3;2*3-20H,1-2H3;5-16H,1-4H3. The van der Waals surface area contributed by atoms with Gasteiger partial charge in [-0.1, -0.05) is 300 Å². The minimum absolute atomic E-state index is 0.0271. The van der Waals surface area contributed by atoms with Crippen molar-refractivity contribution in [2.45, 2.75) is 103 Å². The van der Waals surface area contributed by atoms with E-state index in [2.05, 4.69) is 464 Å². The van der Waals surface area contributed by atoms with Crippen molar-refractivity contribution < 1.29 is 4.74 Å². The van der Waals surface area contributed by atoms with Crippen molar-refractivity contribution in [1.29, 1.82) is 0 Å². The molecule has 24 aromatic rings. The molecule has 0 bridgehead atoms. The molecule has 682 valence electrons. The van der Waals surface area contributed by atoms with Crippen molar-refractivity contribution in [2.24, 2.45) is 0 Å². The van der Waals surface area contributed by atoms with Gasteiger partial charge in [-0.3, -0.25) is 19.9 Å². The van der Waals surface area contributed by atoms with E-state index in [1.807, 2.05) is 43.0 Å². The van der Waals surface area contributed by atoms with E-state index in [1.165, 1.54) is 200 Å². The van der Waals surface area contributed by atoms with Gasteiger partial charge in [0, 0.05) is 96.5 Å². The molecule has 0 saturated heterocycles. The van der Waals surface area contributed by atoms with Crippen molar-refractivity contribution in [2.75, 3.05) is 7.11 Å². The molecule has 0 unspecified atom stereocenters. The monoisotopic (exact) mass is 1830 g/mol. The van der Waals surface area contributed by atoms with E-state index < -0.39 is 0 Å². The Balaban J connectivity index is 0.0000000977. The molecular weight excluding hydrogens is 1730 g/mol. The zero-order valence-electron chi connectivity index (χ0n) is 81.7. The van der Waals surface area contributed by atoms with Gasteiger partial charge in [0.25, 0.3) is 0 Å². The van der Waals surface area contributed by atoms with E-state index in [0.29, 0.717) is 0 Å². The van der Waals surface area contributed by atoms with Crippen molar-refractivity contribution in [3.05, 3.63) is 474 Å². The van der Waals surface area contributed by atoms with Crippen LogP contribution >= 0.6 is 0 Å². The lowest BCUT2D eigenvalue weighted by Crippen LogP contribution is -2.15. The summed E-state index contributed by atoms with van der Waals surface area (Å²) in [6.07, 6.45) is 7.61. The number of hydrogen-bond acceptors (Lipinski definition) is 5. The highest BCUT2D eigenvalue weighted by molar-refractivity contribution is 6.14. The molecule has 29 rings (SSSR count). The Hall–Kier alpha value is -16.9. The molecular formula is C133H104N8O. The molecule has 0 radical (unpaired) electrons. The third kappa shape index (κ3) is 13.0. The molecule has 5 aliphatic rings. The summed E-state index contributed by atoms with van der Waals surface area (Å²) >= 11 is 0. The maximum absolute atomic E-state index is 5.58. The van der Waals surface area contributed by atoms with Crippen LogP contribution in [0.2, 0.25) is 0 Å². The van der Waals surface area contributed by atoms with E-state index in [-0.39, 0.29) is 27.1 Å². The summed E-state index contributed by atoms with van der Waals surface area (Å²) in [5.41, 5.74) is 53.6. The zero-order chi connectivity index (χ0) is 96.1. The molecule has 0 spiro atoms. The van der Waals surface area contributed by atoms with Crippen molar-refractivity contribution in [3.63, 3.8) is 0 Å². The fourth-order valence-electron chi connectivity index (χ4n) is 24.8. The van der Waals surface area contributed by atoms with Crippen LogP contribution in [0.4, 0.5) is 0 Å². The third-order valence-electron chi connectivity index (χ3n) is 31.9. The summed E-state index contributed by atoms with van der Waals surface area (Å²) in [4.78, 5) is 19.4. The van der Waals surface area contributed by atoms with Crippen LogP contribution in [0.15, 0.2) is 413 Å². The van der Waals surface area contributed by atoms with Crippen LogP contribution in [0.1, 0.15) is 130 Å². The number of pyridine rings is 4. The van der Waals surface area contributed by atoms with Crippen LogP contribution in [-0.2, 0) is 27.1 Å². The number of aromatic nitrogens is 8. The third-order valence-corrected chi connectivity index (χ3v) is 31.9. The Morgan fingerprint density at radius 1 is 0.190 bits per heavy atom. The molecule has 5 aliphatic carbocycles. The molecule has 142 heavy (non-hydrogen) atoms. The van der Waals surface area contributed by atoms with Crippen molar-refractivity contribution in [1.82, 2.24) is 38.2 Å². The quantitative estimate of drug-likeness (QED) is 0.151. The second-order valence-corrected chi connectivity index (χ2v) is 41.7. The number of hydrogen-bond donors (Lipinski definition) is 0. The van der Waals surface area contributed by atoms with Gasteiger partial charge in [0.1, 0.15) is 5.75 Å². The molecule has 0 aliphatic heterocycles. The van der Waals surface area contributed by atoms with Crippen molar-refractivity contribution in [3.8, 4) is 118 Å². The Morgan fingerprint density at radius 3 is 0.873 bits per heavy atom. The second-order valence-electron chi connectivity index (χ2n) is 41.7. The molecule has 0 saturated carbocycles. The van der Waals surface area contributed by atoms with Crippen LogP contribution in [0.25, 0.3) is 200 Å². The van der Waals surface area contributed by atoms with Gasteiger partial charge >= 0.3 is 0 Å². The number of benzene rings is 16. The molecule has 8 heterocycles. The average Bonchev–Trinajstić information content (AvgIpc) is 1.55. The van der Waals surface area contributed by atoms with Gasteiger partial charge in [0.05, 0.1) is 79.0 Å². The summed E-state index contributed by atoms with van der Waals surface area (Å²) in [7, 11) is 1.72. The first-order valence-electron chi connectivity index (χ1n) is 49.6. The largest absolute Gasteiger partial charge is 0.497 e. The number of nitrogens with zero attached hydrogens (tertiary/aromatic N) is 8. The molecule has 8 aromatic heterocycles. The van der Waals surface area contributed by atoms with Crippen LogP contribution < -0.4 is 4.74 Å². The average molecular weight is 1830 g/mol. The smallest absolute Gasteiger partial charge is 0.121 e. The minimum Gasteiger partial charge on any atom is -0.497 e. The minimum atomic E-state index is -0.115. The van der Waals surface area contributed by atoms with Gasteiger partial charge in [-0.15, -0.1) is 0 Å². The van der Waals surface area contributed by atoms with E-state index in [1.54, 1.807) is 7.11 Å². The van der Waals surface area contributed by atoms with Crippen molar-refractivity contribution >= 4 is 87.7 Å². The number of rotatable bonds is 8. The lowest BCUT2D eigenvalue weighted by atomic mass is 9.81. The van der Waals surface area contributed by atoms with Gasteiger partial charge in [-0.25, -0.2) is 0 Å². The Morgan fingerprint density at radius 2 is 0.472 bits per heavy atom. The first-order chi connectivity index (χ1) is 69.1. The number of methoxy groups -OCH3 is 1. The predicted molar refractivity (Wildman–Crippen MR) is 590 cm³/mol. The summed E-state index contributed by atoms with van der Waals surface area (Å²) < 4.78 is 15.1. The molecule has 0 atom stereocenters. The first-order valence-corrected chi connectivity index (χ1v) is 49.6. The molecule has 9 heteroatoms. The lowest BCUT2D eigenvalue weighted by Gasteiger charge is -2.22. The predicted octanol–water partition coefficient (Wildman–Crippen LogP) is 33.6. The van der Waals surface area contributed by atoms with E-state index in [9.17, 15) is 0 Å². The SMILES string of the molecule is CC1(C)c2ccccc2-c2cc3c(cc21)c1ncccc1n3-c1ccc(-c2ccccc2)cc1.CC1(C)c2ccccc2-c2cc3c(cc21)c1ncccc1n3-c1cccc(-c2ccccc2)c1.CC1(C)c2ccccc2-c2ccc(-n3c4cc5c(cc4c4ncccc43)C(C)(C)c3cc(-c4ccccc4)ccc3-5)cc21.COc1cc(C)cc(-n2c3cc4c(cc3c3ncccc32)C(C)(C)c2ccccc2-4)c1. The maximum Gasteiger partial charge on any atom is 0.121 e. The number of ether oxygens (including phenoxy) is 1. The zero-order valence-corrected chi connectivity index (χ0v) is 81.7. The van der Waals surface area contributed by atoms with Gasteiger partial charge in [-0.05, 0) is 309 Å². The highest BCUT2D eigenvalue weighted by Crippen LogP contribution is 2.58. The maximum atomic E-state index is 5.58. The van der Waals surface area contributed by atoms with Crippen LogP contribution in [0, 0.1) is 6.92 Å². The van der Waals surface area contributed by atoms with Gasteiger partial charge in [0.2, 0.25) is 0 Å². The van der Waals surface area contributed by atoms with Gasteiger partial charge < -0.3 is 23.0 Å². The van der Waals surface area contributed by atoms with Crippen LogP contribution in [-0.4, -0.2) is 45.3 Å². The lowest BCUT2D eigenvalue weighted by molar-refractivity contribution is 0.414. The Bertz CT molecular complexity index is 9360. The van der Waals surface area contributed by atoms with E-state index >= 15 is 0 Å². The Kier molecular flexibility index (Phi) is 19.3. The summed E-state index contributed by atoms with van der Waals surface area (Å²) in [5, 5.41) is 4.82. The van der Waals surface area contributed by atoms with Crippen LogP contribution in [0.3, 0.4) is 0 Å². The summed E-state index contributed by atoms with van der Waals surface area (Å²) in [5.74, 6) is 0.863. The molecule has 0 N–H and O–H groups in total. The summed E-state index contributed by atoms with van der Waals surface area (Å²) in [6, 6.07) is 141. The fourth-order valence-corrected chi connectivity index (χ4v) is 24.8. The van der Waals surface area contributed by atoms with E-state index in [0.717, 1.165) is 66.9 Å². The molecule has 0 amide bonds. The van der Waals surface area contributed by atoms with E-state index in [4.69, 9.17) is 24.7 Å². The summed E-state index contributed by atoms with van der Waals surface area (Å²) in [6.45, 7) is 25.5. The molecule has 0 fully saturated rings. The topological polar surface area (TPSA) is 80.5 Å². The number of aryl methyl sites for hydroxylation is 1.